The smallest absolute Gasteiger partial charge is 0.319 e. The molecular weight excluding hydrogens is 190 g/mol. The Morgan fingerprint density at radius 2 is 2.40 bits per heavy atom. The number of hydrogen-bond acceptors (Lipinski definition) is 2. The Hall–Kier alpha value is -1.71. The minimum absolute atomic E-state index is 0.150. The van der Waals surface area contributed by atoms with Crippen LogP contribution in [0.5, 0.6) is 0 Å². The van der Waals surface area contributed by atoms with E-state index >= 15 is 0 Å². The molecule has 2 amide bonds. The number of nitrogens with one attached hydrogen (secondary N) is 3. The van der Waals surface area contributed by atoms with E-state index in [2.05, 4.69) is 16.0 Å². The van der Waals surface area contributed by atoms with Crippen LogP contribution in [0.1, 0.15) is 12.5 Å². The Morgan fingerprint density at radius 3 is 3.20 bits per heavy atom. The predicted octanol–water partition coefficient (Wildman–Crippen LogP) is 1.80. The molecule has 15 heavy (non-hydrogen) atoms. The summed E-state index contributed by atoms with van der Waals surface area (Å²) in [5.74, 6) is 0. The van der Waals surface area contributed by atoms with Crippen molar-refractivity contribution in [1.29, 1.82) is 0 Å². The SMILES string of the molecule is CCNC(=O)Nc1ccc2c(c1)CCN2. The van der Waals surface area contributed by atoms with Crippen molar-refractivity contribution in [3.63, 3.8) is 0 Å². The Balaban J connectivity index is 2.06. The van der Waals surface area contributed by atoms with Gasteiger partial charge in [0, 0.05) is 24.5 Å². The van der Waals surface area contributed by atoms with Gasteiger partial charge >= 0.3 is 6.03 Å². The molecule has 1 aliphatic rings. The molecule has 0 saturated carbocycles. The molecule has 0 unspecified atom stereocenters. The molecule has 1 heterocycles. The largest absolute Gasteiger partial charge is 0.384 e. The Morgan fingerprint density at radius 1 is 1.53 bits per heavy atom. The number of benzene rings is 1. The van der Waals surface area contributed by atoms with Gasteiger partial charge in [0.15, 0.2) is 0 Å². The normalized spacial score (nSPS) is 12.9. The van der Waals surface area contributed by atoms with Crippen LogP contribution in [0, 0.1) is 0 Å². The summed E-state index contributed by atoms with van der Waals surface area (Å²) in [4.78, 5) is 11.3. The number of anilines is 2. The van der Waals surface area contributed by atoms with Crippen LogP contribution in [0.3, 0.4) is 0 Å². The van der Waals surface area contributed by atoms with E-state index < -0.39 is 0 Å². The monoisotopic (exact) mass is 205 g/mol. The number of fused-ring (bicyclic) bond motifs is 1. The van der Waals surface area contributed by atoms with Crippen LogP contribution in [-0.2, 0) is 6.42 Å². The second kappa shape index (κ2) is 4.21. The lowest BCUT2D eigenvalue weighted by molar-refractivity contribution is 0.252. The Labute approximate surface area is 89.1 Å². The summed E-state index contributed by atoms with van der Waals surface area (Å²) in [5, 5.41) is 8.77. The third-order valence-electron chi connectivity index (χ3n) is 2.41. The zero-order valence-corrected chi connectivity index (χ0v) is 8.76. The van der Waals surface area contributed by atoms with E-state index in [0.29, 0.717) is 6.54 Å². The summed E-state index contributed by atoms with van der Waals surface area (Å²) in [6, 6.07) is 5.78. The highest BCUT2D eigenvalue weighted by atomic mass is 16.2. The first-order chi connectivity index (χ1) is 7.29. The molecule has 0 fully saturated rings. The van der Waals surface area contributed by atoms with E-state index in [9.17, 15) is 4.79 Å². The van der Waals surface area contributed by atoms with Crippen LogP contribution in [0.4, 0.5) is 16.2 Å². The average molecular weight is 205 g/mol. The van der Waals surface area contributed by atoms with Crippen LogP contribution in [0.25, 0.3) is 0 Å². The van der Waals surface area contributed by atoms with Crippen LogP contribution in [0.15, 0.2) is 18.2 Å². The van der Waals surface area contributed by atoms with Crippen molar-refractivity contribution in [3.05, 3.63) is 23.8 Å². The molecule has 2 rings (SSSR count). The molecule has 0 radical (unpaired) electrons. The number of rotatable bonds is 2. The zero-order valence-electron chi connectivity index (χ0n) is 8.76. The van der Waals surface area contributed by atoms with Crippen molar-refractivity contribution in [2.75, 3.05) is 23.7 Å². The summed E-state index contributed by atoms with van der Waals surface area (Å²) in [6.45, 7) is 3.52. The third kappa shape index (κ3) is 2.21. The number of hydrogen-bond donors (Lipinski definition) is 3. The molecule has 0 spiro atoms. The Kier molecular flexibility index (Phi) is 2.76. The highest BCUT2D eigenvalue weighted by Crippen LogP contribution is 2.25. The zero-order chi connectivity index (χ0) is 10.7. The van der Waals surface area contributed by atoms with Crippen molar-refractivity contribution in [1.82, 2.24) is 5.32 Å². The van der Waals surface area contributed by atoms with Gasteiger partial charge in [0.25, 0.3) is 0 Å². The van der Waals surface area contributed by atoms with Gasteiger partial charge in [-0.15, -0.1) is 0 Å². The molecule has 1 aromatic rings. The van der Waals surface area contributed by atoms with Crippen molar-refractivity contribution in [2.24, 2.45) is 0 Å². The number of amides is 2. The standard InChI is InChI=1S/C11H15N3O/c1-2-12-11(15)14-9-3-4-10-8(7-9)5-6-13-10/h3-4,7,13H,2,5-6H2,1H3,(H2,12,14,15). The van der Waals surface area contributed by atoms with Crippen LogP contribution in [-0.4, -0.2) is 19.1 Å². The maximum absolute atomic E-state index is 11.3. The first-order valence-corrected chi connectivity index (χ1v) is 5.21. The summed E-state index contributed by atoms with van der Waals surface area (Å²) in [5.41, 5.74) is 3.30. The molecule has 0 aliphatic carbocycles. The molecule has 1 aliphatic heterocycles. The van der Waals surface area contributed by atoms with E-state index in [1.54, 1.807) is 0 Å². The lowest BCUT2D eigenvalue weighted by Gasteiger charge is -2.07. The van der Waals surface area contributed by atoms with E-state index in [0.717, 1.165) is 18.7 Å². The third-order valence-corrected chi connectivity index (χ3v) is 2.41. The number of urea groups is 1. The van der Waals surface area contributed by atoms with Gasteiger partial charge in [-0.25, -0.2) is 4.79 Å². The molecule has 0 aromatic heterocycles. The number of carbonyl (C=O) groups excluding carboxylic acids is 1. The van der Waals surface area contributed by atoms with E-state index in [1.165, 1.54) is 11.3 Å². The fraction of sp³-hybridized carbons (Fsp3) is 0.364. The molecular formula is C11H15N3O. The van der Waals surface area contributed by atoms with Gasteiger partial charge in [-0.05, 0) is 37.1 Å². The maximum atomic E-state index is 11.3. The summed E-state index contributed by atoms with van der Waals surface area (Å²) in [6.07, 6.45) is 1.03. The molecule has 4 heteroatoms. The molecule has 0 atom stereocenters. The minimum atomic E-state index is -0.150. The van der Waals surface area contributed by atoms with Crippen molar-refractivity contribution < 1.29 is 4.79 Å². The summed E-state index contributed by atoms with van der Waals surface area (Å²) < 4.78 is 0. The van der Waals surface area contributed by atoms with Gasteiger partial charge < -0.3 is 16.0 Å². The van der Waals surface area contributed by atoms with Gasteiger partial charge in [-0.3, -0.25) is 0 Å². The summed E-state index contributed by atoms with van der Waals surface area (Å²) in [7, 11) is 0. The first kappa shape index (κ1) is 9.83. The topological polar surface area (TPSA) is 53.2 Å². The minimum Gasteiger partial charge on any atom is -0.384 e. The van der Waals surface area contributed by atoms with Crippen LogP contribution >= 0.6 is 0 Å². The lowest BCUT2D eigenvalue weighted by atomic mass is 10.1. The highest BCUT2D eigenvalue weighted by molar-refractivity contribution is 5.89. The van der Waals surface area contributed by atoms with Gasteiger partial charge in [-0.2, -0.15) is 0 Å². The second-order valence-corrected chi connectivity index (χ2v) is 3.53. The van der Waals surface area contributed by atoms with E-state index in [4.69, 9.17) is 0 Å². The number of carbonyl (C=O) groups is 1. The van der Waals surface area contributed by atoms with E-state index in [1.807, 2.05) is 25.1 Å². The van der Waals surface area contributed by atoms with Crippen LogP contribution < -0.4 is 16.0 Å². The van der Waals surface area contributed by atoms with Crippen LogP contribution in [0.2, 0.25) is 0 Å². The fourth-order valence-corrected chi connectivity index (χ4v) is 1.72. The maximum Gasteiger partial charge on any atom is 0.319 e. The second-order valence-electron chi connectivity index (χ2n) is 3.53. The highest BCUT2D eigenvalue weighted by Gasteiger charge is 2.10. The molecule has 1 aromatic carbocycles. The van der Waals surface area contributed by atoms with Crippen molar-refractivity contribution in [3.8, 4) is 0 Å². The predicted molar refractivity (Wildman–Crippen MR) is 61.3 cm³/mol. The summed E-state index contributed by atoms with van der Waals surface area (Å²) >= 11 is 0. The van der Waals surface area contributed by atoms with Crippen molar-refractivity contribution in [2.45, 2.75) is 13.3 Å². The Bertz CT molecular complexity index is 376. The molecule has 0 bridgehead atoms. The van der Waals surface area contributed by atoms with Gasteiger partial charge in [-0.1, -0.05) is 0 Å². The first-order valence-electron chi connectivity index (χ1n) is 5.21. The van der Waals surface area contributed by atoms with Gasteiger partial charge in [0.05, 0.1) is 0 Å². The lowest BCUT2D eigenvalue weighted by Crippen LogP contribution is -2.28. The molecule has 80 valence electrons. The molecule has 4 nitrogen and oxygen atoms in total. The fourth-order valence-electron chi connectivity index (χ4n) is 1.72. The molecule has 0 saturated heterocycles. The average Bonchev–Trinajstić information content (AvgIpc) is 2.65. The van der Waals surface area contributed by atoms with Crippen molar-refractivity contribution >= 4 is 17.4 Å². The molecule has 3 N–H and O–H groups in total. The van der Waals surface area contributed by atoms with E-state index in [-0.39, 0.29) is 6.03 Å². The van der Waals surface area contributed by atoms with Gasteiger partial charge in [0.1, 0.15) is 0 Å². The van der Waals surface area contributed by atoms with Gasteiger partial charge in [0.2, 0.25) is 0 Å². The quantitative estimate of drug-likeness (QED) is 0.689.